The molecule has 2 fully saturated rings. The number of imidazole rings is 1. The van der Waals surface area contributed by atoms with Gasteiger partial charge in [0.05, 0.1) is 30.2 Å². The zero-order chi connectivity index (χ0) is 30.0. The van der Waals surface area contributed by atoms with Crippen molar-refractivity contribution in [3.05, 3.63) is 72.3 Å². The molecule has 7 rings (SSSR count). The number of aliphatic imine (C=N–C) groups is 1. The molecule has 4 heterocycles. The average Bonchev–Trinajstić information content (AvgIpc) is 3.89. The fourth-order valence-corrected chi connectivity index (χ4v) is 7.12. The second kappa shape index (κ2) is 12.4. The third-order valence-electron chi connectivity index (χ3n) is 9.65. The first kappa shape index (κ1) is 28.5. The van der Waals surface area contributed by atoms with E-state index in [0.717, 1.165) is 61.2 Å². The van der Waals surface area contributed by atoms with Gasteiger partial charge >= 0.3 is 0 Å². The van der Waals surface area contributed by atoms with Gasteiger partial charge in [0, 0.05) is 25.2 Å². The summed E-state index contributed by atoms with van der Waals surface area (Å²) in [7, 11) is 0. The number of nitrogens with one attached hydrogen (secondary N) is 5. The summed E-state index contributed by atoms with van der Waals surface area (Å²) >= 11 is 0. The number of carbonyl (C=O) groups is 1. The van der Waals surface area contributed by atoms with Gasteiger partial charge < -0.3 is 31.2 Å². The van der Waals surface area contributed by atoms with Crippen molar-refractivity contribution >= 4 is 17.6 Å². The van der Waals surface area contributed by atoms with Crippen molar-refractivity contribution in [2.45, 2.75) is 76.5 Å². The molecule has 1 amide bonds. The summed E-state index contributed by atoms with van der Waals surface area (Å²) < 4.78 is 0. The highest BCUT2D eigenvalue weighted by Crippen LogP contribution is 2.34. The van der Waals surface area contributed by atoms with Gasteiger partial charge in [-0.05, 0) is 53.9 Å². The van der Waals surface area contributed by atoms with Crippen molar-refractivity contribution < 1.29 is 4.79 Å². The minimum atomic E-state index is -0.302. The van der Waals surface area contributed by atoms with Crippen LogP contribution in [-0.2, 0) is 4.79 Å². The molecule has 9 heteroatoms. The molecule has 3 aliphatic heterocycles. The molecule has 0 radical (unpaired) electrons. The van der Waals surface area contributed by atoms with Crippen LogP contribution in [0.4, 0.5) is 0 Å². The highest BCUT2D eigenvalue weighted by molar-refractivity contribution is 5.90. The Morgan fingerprint density at radius 3 is 2.32 bits per heavy atom. The molecular formula is C35H44N8O. The standard InChI is InChI=1S/C35H44N8O/c1-22(2)31(42-35-36-17-18-37-35)34(44)43-19-5-8-30(43)33-39-21-29(41-33)26-15-11-24(12-16-26)23-9-13-25(14-10-23)28-20-38-32(40-28)27-6-3-4-7-27/h9-16,20-22,27,30-31,33,39,41H,3-8,17-19H2,1-2H3,(H,38,40)(H2,36,37,42)/t30-,31-,33?/m0/s1. The van der Waals surface area contributed by atoms with Gasteiger partial charge in [0.2, 0.25) is 5.91 Å². The van der Waals surface area contributed by atoms with Crippen LogP contribution in [0.5, 0.6) is 0 Å². The lowest BCUT2D eigenvalue weighted by molar-refractivity contribution is -0.135. The van der Waals surface area contributed by atoms with Crippen molar-refractivity contribution in [3.8, 4) is 22.4 Å². The number of amides is 1. The van der Waals surface area contributed by atoms with Crippen LogP contribution in [0.2, 0.25) is 0 Å². The van der Waals surface area contributed by atoms with E-state index in [1.807, 2.05) is 6.20 Å². The summed E-state index contributed by atoms with van der Waals surface area (Å²) in [5, 5.41) is 13.8. The Morgan fingerprint density at radius 1 is 0.932 bits per heavy atom. The lowest BCUT2D eigenvalue weighted by atomic mass is 10.0. The van der Waals surface area contributed by atoms with E-state index in [2.05, 4.69) is 110 Å². The van der Waals surface area contributed by atoms with E-state index >= 15 is 0 Å². The van der Waals surface area contributed by atoms with Crippen LogP contribution >= 0.6 is 0 Å². The van der Waals surface area contributed by atoms with E-state index in [1.54, 1.807) is 0 Å². The van der Waals surface area contributed by atoms with Gasteiger partial charge in [-0.15, -0.1) is 0 Å². The summed E-state index contributed by atoms with van der Waals surface area (Å²) in [5.41, 5.74) is 6.80. The van der Waals surface area contributed by atoms with Crippen molar-refractivity contribution in [2.24, 2.45) is 10.9 Å². The number of H-pyrrole nitrogens is 1. The molecule has 4 aliphatic rings. The largest absolute Gasteiger partial charge is 0.368 e. The molecule has 44 heavy (non-hydrogen) atoms. The lowest BCUT2D eigenvalue weighted by Gasteiger charge is -2.34. The number of hydrogen-bond acceptors (Lipinski definition) is 7. The molecule has 0 bridgehead atoms. The smallest absolute Gasteiger partial charge is 0.245 e. The molecule has 0 spiro atoms. The average molecular weight is 593 g/mol. The van der Waals surface area contributed by atoms with Crippen LogP contribution in [0.25, 0.3) is 28.1 Å². The Bertz CT molecular complexity index is 1520. The molecular weight excluding hydrogens is 548 g/mol. The predicted molar refractivity (Wildman–Crippen MR) is 176 cm³/mol. The number of benzene rings is 2. The Morgan fingerprint density at radius 2 is 1.64 bits per heavy atom. The molecule has 9 nitrogen and oxygen atoms in total. The molecule has 1 saturated carbocycles. The number of likely N-dealkylation sites (tertiary alicyclic amines) is 1. The van der Waals surface area contributed by atoms with Gasteiger partial charge in [-0.3, -0.25) is 9.79 Å². The Kier molecular flexibility index (Phi) is 8.02. The molecule has 1 aliphatic carbocycles. The van der Waals surface area contributed by atoms with Crippen LogP contribution in [-0.4, -0.2) is 64.6 Å². The van der Waals surface area contributed by atoms with Crippen LogP contribution < -0.4 is 21.3 Å². The molecule has 1 aromatic heterocycles. The van der Waals surface area contributed by atoms with E-state index in [1.165, 1.54) is 42.4 Å². The molecule has 3 aromatic rings. The second-order valence-electron chi connectivity index (χ2n) is 12.9. The second-order valence-corrected chi connectivity index (χ2v) is 12.9. The van der Waals surface area contributed by atoms with Crippen molar-refractivity contribution in [3.63, 3.8) is 0 Å². The van der Waals surface area contributed by atoms with Crippen molar-refractivity contribution in [1.29, 1.82) is 0 Å². The van der Waals surface area contributed by atoms with Gasteiger partial charge in [-0.2, -0.15) is 0 Å². The normalized spacial score (nSPS) is 22.4. The maximum Gasteiger partial charge on any atom is 0.245 e. The highest BCUT2D eigenvalue weighted by Gasteiger charge is 2.40. The van der Waals surface area contributed by atoms with E-state index in [4.69, 9.17) is 0 Å². The van der Waals surface area contributed by atoms with Crippen LogP contribution in [0.15, 0.2) is 65.9 Å². The van der Waals surface area contributed by atoms with Gasteiger partial charge in [0.1, 0.15) is 18.0 Å². The van der Waals surface area contributed by atoms with E-state index in [-0.39, 0.29) is 30.1 Å². The first-order valence-electron chi connectivity index (χ1n) is 16.4. The third kappa shape index (κ3) is 5.79. The number of rotatable bonds is 8. The number of nitrogens with zero attached hydrogens (tertiary/aromatic N) is 3. The van der Waals surface area contributed by atoms with Gasteiger partial charge in [0.15, 0.2) is 5.96 Å². The minimum absolute atomic E-state index is 0.0184. The van der Waals surface area contributed by atoms with E-state index in [9.17, 15) is 4.79 Å². The van der Waals surface area contributed by atoms with Crippen LogP contribution in [0.1, 0.15) is 69.7 Å². The summed E-state index contributed by atoms with van der Waals surface area (Å²) in [5.74, 6) is 2.76. The van der Waals surface area contributed by atoms with Crippen LogP contribution in [0.3, 0.4) is 0 Å². The van der Waals surface area contributed by atoms with Gasteiger partial charge in [-0.1, -0.05) is 75.2 Å². The minimum Gasteiger partial charge on any atom is -0.368 e. The molecule has 1 unspecified atom stereocenters. The Labute approximate surface area is 260 Å². The van der Waals surface area contributed by atoms with Crippen molar-refractivity contribution in [1.82, 2.24) is 36.1 Å². The summed E-state index contributed by atoms with van der Waals surface area (Å²) in [6.07, 6.45) is 11.1. The molecule has 230 valence electrons. The maximum absolute atomic E-state index is 13.7. The number of hydrogen-bond donors (Lipinski definition) is 5. The van der Waals surface area contributed by atoms with Gasteiger partial charge in [0.25, 0.3) is 0 Å². The van der Waals surface area contributed by atoms with Crippen LogP contribution in [0, 0.1) is 5.92 Å². The topological polar surface area (TPSA) is 109 Å². The molecule has 5 N–H and O–H groups in total. The third-order valence-corrected chi connectivity index (χ3v) is 9.65. The number of aromatic amines is 1. The Balaban J connectivity index is 0.976. The fourth-order valence-electron chi connectivity index (χ4n) is 7.12. The van der Waals surface area contributed by atoms with Gasteiger partial charge in [-0.25, -0.2) is 4.98 Å². The number of carbonyl (C=O) groups excluding carboxylic acids is 1. The number of guanidine groups is 1. The Hall–Kier alpha value is -4.27. The SMILES string of the molecule is CC(C)[C@H](NC1=NCCN1)C(=O)N1CCC[C@H]1C1NC=C(c2ccc(-c3ccc(-c4cnc(C5CCCC5)[nH]4)cc3)cc2)N1. The first-order valence-corrected chi connectivity index (χ1v) is 16.4. The van der Waals surface area contributed by atoms with E-state index in [0.29, 0.717) is 5.92 Å². The summed E-state index contributed by atoms with van der Waals surface area (Å²) in [6.45, 7) is 6.52. The zero-order valence-electron chi connectivity index (χ0n) is 25.8. The maximum atomic E-state index is 13.7. The zero-order valence-corrected chi connectivity index (χ0v) is 25.8. The summed E-state index contributed by atoms with van der Waals surface area (Å²) in [4.78, 5) is 28.5. The lowest BCUT2D eigenvalue weighted by Crippen LogP contribution is -2.58. The van der Waals surface area contributed by atoms with E-state index < -0.39 is 0 Å². The van der Waals surface area contributed by atoms with Crippen molar-refractivity contribution in [2.75, 3.05) is 19.6 Å². The highest BCUT2D eigenvalue weighted by atomic mass is 16.2. The number of aromatic nitrogens is 2. The first-order chi connectivity index (χ1) is 21.5. The fraction of sp³-hybridized carbons (Fsp3) is 0.457. The summed E-state index contributed by atoms with van der Waals surface area (Å²) in [6, 6.07) is 17.2. The monoisotopic (exact) mass is 592 g/mol. The molecule has 1 saturated heterocycles. The predicted octanol–water partition coefficient (Wildman–Crippen LogP) is 4.78. The molecule has 3 atom stereocenters. The molecule has 2 aromatic carbocycles. The quantitative estimate of drug-likeness (QED) is 0.258.